The molecule has 0 aliphatic heterocycles. The largest absolute Gasteiger partial charge is 0.495 e. The van der Waals surface area contributed by atoms with Crippen molar-refractivity contribution in [3.63, 3.8) is 0 Å². The molecule has 28 heavy (non-hydrogen) atoms. The fourth-order valence-corrected chi connectivity index (χ4v) is 4.02. The van der Waals surface area contributed by atoms with Crippen molar-refractivity contribution in [2.75, 3.05) is 7.11 Å². The fraction of sp³-hybridized carbons (Fsp3) is 0.176. The highest BCUT2D eigenvalue weighted by molar-refractivity contribution is 7.89. The lowest BCUT2D eigenvalue weighted by Gasteiger charge is -2.20. The van der Waals surface area contributed by atoms with E-state index in [9.17, 15) is 18.5 Å². The molecule has 0 amide bonds. The molecule has 0 fully saturated rings. The number of non-ortho nitro benzene ring substituents is 1. The third-order valence-corrected chi connectivity index (χ3v) is 5.49. The summed E-state index contributed by atoms with van der Waals surface area (Å²) in [6.07, 6.45) is 2.84. The predicted molar refractivity (Wildman–Crippen MR) is 99.2 cm³/mol. The van der Waals surface area contributed by atoms with Crippen LogP contribution in [0.3, 0.4) is 0 Å². The van der Waals surface area contributed by atoms with Crippen molar-refractivity contribution in [1.29, 1.82) is 0 Å². The molecule has 0 aliphatic rings. The second-order valence-corrected chi connectivity index (χ2v) is 7.48. The van der Waals surface area contributed by atoms with Crippen LogP contribution in [0.1, 0.15) is 11.6 Å². The van der Waals surface area contributed by atoms with E-state index < -0.39 is 21.0 Å². The first-order chi connectivity index (χ1) is 13.4. The van der Waals surface area contributed by atoms with Gasteiger partial charge in [0.05, 0.1) is 30.7 Å². The van der Waals surface area contributed by atoms with Crippen molar-refractivity contribution >= 4 is 15.7 Å². The average molecular weight is 403 g/mol. The van der Waals surface area contributed by atoms with E-state index in [0.717, 1.165) is 23.8 Å². The average Bonchev–Trinajstić information content (AvgIpc) is 3.20. The van der Waals surface area contributed by atoms with E-state index in [4.69, 9.17) is 4.74 Å². The second-order valence-electron chi connectivity index (χ2n) is 5.79. The quantitative estimate of drug-likeness (QED) is 0.449. The predicted octanol–water partition coefficient (Wildman–Crippen LogP) is 1.91. The van der Waals surface area contributed by atoms with Crippen molar-refractivity contribution in [1.82, 2.24) is 19.5 Å². The highest BCUT2D eigenvalue weighted by atomic mass is 32.2. The summed E-state index contributed by atoms with van der Waals surface area (Å²) in [4.78, 5) is 14.0. The molecule has 3 rings (SSSR count). The lowest BCUT2D eigenvalue weighted by molar-refractivity contribution is -0.385. The van der Waals surface area contributed by atoms with E-state index in [1.165, 1.54) is 24.4 Å². The minimum absolute atomic E-state index is 0.116. The summed E-state index contributed by atoms with van der Waals surface area (Å²) in [5, 5.41) is 15.0. The van der Waals surface area contributed by atoms with E-state index in [1.54, 1.807) is 24.3 Å². The van der Waals surface area contributed by atoms with Gasteiger partial charge < -0.3 is 4.74 Å². The minimum atomic E-state index is -4.06. The number of nitrogens with one attached hydrogen (secondary N) is 1. The maximum atomic E-state index is 13.0. The summed E-state index contributed by atoms with van der Waals surface area (Å²) in [5.41, 5.74) is 0.459. The van der Waals surface area contributed by atoms with Crippen LogP contribution in [0.5, 0.6) is 5.75 Å². The third kappa shape index (κ3) is 4.32. The number of benzene rings is 2. The van der Waals surface area contributed by atoms with Gasteiger partial charge in [0.15, 0.2) is 0 Å². The van der Waals surface area contributed by atoms with Crippen LogP contribution in [0, 0.1) is 10.1 Å². The zero-order valence-corrected chi connectivity index (χ0v) is 15.6. The van der Waals surface area contributed by atoms with Gasteiger partial charge in [-0.25, -0.2) is 18.1 Å². The van der Waals surface area contributed by atoms with Crippen molar-refractivity contribution in [3.8, 4) is 5.75 Å². The van der Waals surface area contributed by atoms with Crippen LogP contribution in [0.4, 0.5) is 5.69 Å². The van der Waals surface area contributed by atoms with Gasteiger partial charge in [0, 0.05) is 6.07 Å². The van der Waals surface area contributed by atoms with Gasteiger partial charge in [-0.15, -0.1) is 0 Å². The molecule has 1 atom stereocenters. The van der Waals surface area contributed by atoms with E-state index in [-0.39, 0.29) is 22.9 Å². The van der Waals surface area contributed by atoms with Crippen molar-refractivity contribution < 1.29 is 18.1 Å². The molecule has 0 aliphatic carbocycles. The van der Waals surface area contributed by atoms with Gasteiger partial charge >= 0.3 is 0 Å². The summed E-state index contributed by atoms with van der Waals surface area (Å²) < 4.78 is 35.2. The number of hydrogen-bond acceptors (Lipinski definition) is 7. The maximum Gasteiger partial charge on any atom is 0.273 e. The summed E-state index contributed by atoms with van der Waals surface area (Å²) in [7, 11) is -2.80. The Bertz CT molecular complexity index is 1050. The molecule has 0 radical (unpaired) electrons. The van der Waals surface area contributed by atoms with Crippen LogP contribution in [0.15, 0.2) is 66.1 Å². The molecule has 10 nitrogen and oxygen atoms in total. The lowest BCUT2D eigenvalue weighted by atomic mass is 10.1. The van der Waals surface area contributed by atoms with Gasteiger partial charge in [-0.2, -0.15) is 5.10 Å². The number of sulfonamides is 1. The van der Waals surface area contributed by atoms with Gasteiger partial charge in [0.25, 0.3) is 5.69 Å². The molecule has 146 valence electrons. The molecule has 3 aromatic rings. The molecule has 1 heterocycles. The van der Waals surface area contributed by atoms with E-state index in [2.05, 4.69) is 14.8 Å². The lowest BCUT2D eigenvalue weighted by Crippen LogP contribution is -2.32. The highest BCUT2D eigenvalue weighted by Crippen LogP contribution is 2.29. The third-order valence-electron chi connectivity index (χ3n) is 3.98. The number of nitro benzene ring substituents is 1. The number of ether oxygens (including phenoxy) is 1. The molecule has 0 bridgehead atoms. The Morgan fingerprint density at radius 3 is 2.61 bits per heavy atom. The zero-order chi connectivity index (χ0) is 20.1. The van der Waals surface area contributed by atoms with Gasteiger partial charge in [-0.1, -0.05) is 30.3 Å². The normalized spacial score (nSPS) is 12.5. The highest BCUT2D eigenvalue weighted by Gasteiger charge is 2.26. The summed E-state index contributed by atoms with van der Waals surface area (Å²) in [6.45, 7) is 0.207. The Hall–Kier alpha value is -3.31. The molecule has 0 saturated heterocycles. The number of methoxy groups -OCH3 is 1. The Kier molecular flexibility index (Phi) is 5.66. The standard InChI is InChI=1S/C17H17N5O5S/c1-27-16-9-14(22(23)24)7-8-17(16)28(25,26)20-15(10-21-12-18-11-19-21)13-5-3-2-4-6-13/h2-9,11-12,15,20H,10H2,1H3. The first kappa shape index (κ1) is 19.5. The first-order valence-electron chi connectivity index (χ1n) is 8.13. The van der Waals surface area contributed by atoms with Crippen LogP contribution >= 0.6 is 0 Å². The summed E-state index contributed by atoms with van der Waals surface area (Å²) in [5.74, 6) is -0.116. The summed E-state index contributed by atoms with van der Waals surface area (Å²) >= 11 is 0. The number of nitrogens with zero attached hydrogens (tertiary/aromatic N) is 4. The summed E-state index contributed by atoms with van der Waals surface area (Å²) in [6, 6.07) is 11.7. The minimum Gasteiger partial charge on any atom is -0.495 e. The molecule has 1 N–H and O–H groups in total. The zero-order valence-electron chi connectivity index (χ0n) is 14.8. The van der Waals surface area contributed by atoms with Crippen LogP contribution < -0.4 is 9.46 Å². The number of nitro groups is 1. The van der Waals surface area contributed by atoms with Crippen molar-refractivity contribution in [3.05, 3.63) is 76.9 Å². The Morgan fingerprint density at radius 2 is 2.00 bits per heavy atom. The Balaban J connectivity index is 1.96. The van der Waals surface area contributed by atoms with Gasteiger partial charge in [-0.05, 0) is 11.6 Å². The van der Waals surface area contributed by atoms with Crippen LogP contribution in [0.2, 0.25) is 0 Å². The fourth-order valence-electron chi connectivity index (χ4n) is 2.65. The molecule has 0 saturated carbocycles. The second kappa shape index (κ2) is 8.15. The first-order valence-corrected chi connectivity index (χ1v) is 9.61. The Labute approximate surface area is 161 Å². The van der Waals surface area contributed by atoms with Crippen molar-refractivity contribution in [2.24, 2.45) is 0 Å². The molecular formula is C17H17N5O5S. The van der Waals surface area contributed by atoms with Crippen LogP contribution in [-0.4, -0.2) is 35.2 Å². The molecule has 2 aromatic carbocycles. The van der Waals surface area contributed by atoms with E-state index >= 15 is 0 Å². The molecule has 1 aromatic heterocycles. The number of rotatable bonds is 8. The van der Waals surface area contributed by atoms with E-state index in [0.29, 0.717) is 0 Å². The Morgan fingerprint density at radius 1 is 1.25 bits per heavy atom. The number of aromatic nitrogens is 3. The van der Waals surface area contributed by atoms with Crippen molar-refractivity contribution in [2.45, 2.75) is 17.5 Å². The molecule has 11 heteroatoms. The molecular weight excluding hydrogens is 386 g/mol. The van der Waals surface area contributed by atoms with Gasteiger partial charge in [0.2, 0.25) is 10.0 Å². The maximum absolute atomic E-state index is 13.0. The van der Waals surface area contributed by atoms with Crippen LogP contribution in [-0.2, 0) is 16.6 Å². The van der Waals surface area contributed by atoms with Gasteiger partial charge in [0.1, 0.15) is 23.3 Å². The van der Waals surface area contributed by atoms with E-state index in [1.807, 2.05) is 6.07 Å². The topological polar surface area (TPSA) is 129 Å². The smallest absolute Gasteiger partial charge is 0.273 e. The molecule has 1 unspecified atom stereocenters. The van der Waals surface area contributed by atoms with Crippen LogP contribution in [0.25, 0.3) is 0 Å². The van der Waals surface area contributed by atoms with Gasteiger partial charge in [-0.3, -0.25) is 14.8 Å². The number of hydrogen-bond donors (Lipinski definition) is 1. The molecule has 0 spiro atoms. The monoisotopic (exact) mass is 403 g/mol. The SMILES string of the molecule is COc1cc([N+](=O)[O-])ccc1S(=O)(=O)NC(Cn1cncn1)c1ccccc1.